The van der Waals surface area contributed by atoms with Gasteiger partial charge in [0.2, 0.25) is 0 Å². The maximum atomic E-state index is 5.46. The van der Waals surface area contributed by atoms with E-state index in [4.69, 9.17) is 19.9 Å². The van der Waals surface area contributed by atoms with Crippen LogP contribution in [0.25, 0.3) is 83.7 Å². The molecular weight excluding hydrogens is 611 g/mol. The molecule has 0 spiro atoms. The van der Waals surface area contributed by atoms with E-state index < -0.39 is 0 Å². The first-order valence-corrected chi connectivity index (χ1v) is 17.0. The second kappa shape index (κ2) is 10.8. The molecule has 0 aliphatic heterocycles. The quantitative estimate of drug-likeness (QED) is 0.192. The lowest BCUT2D eigenvalue weighted by atomic mass is 9.81. The third kappa shape index (κ3) is 4.20. The first-order chi connectivity index (χ1) is 24.6. The highest BCUT2D eigenvalue weighted by molar-refractivity contribution is 6.13. The van der Waals surface area contributed by atoms with Crippen LogP contribution in [0, 0.1) is 0 Å². The Morgan fingerprint density at radius 2 is 1.24 bits per heavy atom. The summed E-state index contributed by atoms with van der Waals surface area (Å²) in [6.07, 6.45) is 1.98. The molecule has 3 aromatic heterocycles. The van der Waals surface area contributed by atoms with Crippen molar-refractivity contribution < 1.29 is 0 Å². The maximum Gasteiger partial charge on any atom is 0.162 e. The van der Waals surface area contributed by atoms with Crippen LogP contribution in [-0.4, -0.2) is 24.5 Å². The van der Waals surface area contributed by atoms with Gasteiger partial charge < -0.3 is 0 Å². The first-order valence-electron chi connectivity index (χ1n) is 17.0. The molecule has 0 amide bonds. The van der Waals surface area contributed by atoms with Gasteiger partial charge in [-0.1, -0.05) is 147 Å². The van der Waals surface area contributed by atoms with Crippen LogP contribution in [0.5, 0.6) is 0 Å². The van der Waals surface area contributed by atoms with Gasteiger partial charge in [-0.2, -0.15) is 0 Å². The molecule has 0 atom stereocenters. The van der Waals surface area contributed by atoms with Crippen molar-refractivity contribution in [1.29, 1.82) is 0 Å². The van der Waals surface area contributed by atoms with E-state index in [0.29, 0.717) is 11.6 Å². The zero-order valence-corrected chi connectivity index (χ0v) is 27.7. The highest BCUT2D eigenvalue weighted by Gasteiger charge is 2.38. The molecule has 9 aromatic rings. The van der Waals surface area contributed by atoms with Gasteiger partial charge in [-0.05, 0) is 39.1 Å². The van der Waals surface area contributed by atoms with Crippen molar-refractivity contribution in [2.75, 3.05) is 0 Å². The Morgan fingerprint density at radius 3 is 2.08 bits per heavy atom. The van der Waals surface area contributed by atoms with Crippen molar-refractivity contribution in [3.05, 3.63) is 163 Å². The lowest BCUT2D eigenvalue weighted by Crippen LogP contribution is -2.15. The van der Waals surface area contributed by atoms with E-state index in [1.807, 2.05) is 42.6 Å². The molecule has 0 radical (unpaired) electrons. The molecule has 6 aromatic carbocycles. The summed E-state index contributed by atoms with van der Waals surface area (Å²) < 4.78 is 2.23. The molecular formula is C45H31N5. The van der Waals surface area contributed by atoms with Gasteiger partial charge in [-0.3, -0.25) is 4.57 Å². The molecule has 0 saturated carbocycles. The summed E-state index contributed by atoms with van der Waals surface area (Å²) in [4.78, 5) is 20.9. The molecule has 10 rings (SSSR count). The summed E-state index contributed by atoms with van der Waals surface area (Å²) >= 11 is 0. The number of hydrogen-bond donors (Lipinski definition) is 0. The first kappa shape index (κ1) is 28.5. The number of hydrogen-bond acceptors (Lipinski definition) is 4. The molecule has 0 N–H and O–H groups in total. The summed E-state index contributed by atoms with van der Waals surface area (Å²) in [5, 5.41) is 3.42. The van der Waals surface area contributed by atoms with Gasteiger partial charge in [0.15, 0.2) is 11.6 Å². The molecule has 1 aliphatic carbocycles. The zero-order valence-electron chi connectivity index (χ0n) is 27.7. The highest BCUT2D eigenvalue weighted by atomic mass is 15.1. The van der Waals surface area contributed by atoms with E-state index >= 15 is 0 Å². The minimum Gasteiger partial charge on any atom is -0.290 e. The minimum absolute atomic E-state index is 0.245. The van der Waals surface area contributed by atoms with Gasteiger partial charge in [0.1, 0.15) is 11.3 Å². The smallest absolute Gasteiger partial charge is 0.162 e. The molecule has 0 unspecified atom stereocenters. The Balaban J connectivity index is 1.32. The van der Waals surface area contributed by atoms with Crippen molar-refractivity contribution in [2.45, 2.75) is 19.3 Å². The monoisotopic (exact) mass is 641 g/mol. The standard InChI is InChI=1S/C45H31N5/c1-45(2)35-23-12-11-21-32(35)33-24-25-37-40(41(33)45)42-38(27-46-44(49-42)34-22-13-19-28-14-9-10-20-31(28)34)50(37)39-26-36(29-15-5-3-6-16-29)47-43(48-39)30-17-7-4-8-18-30/h3-27H,1-2H3. The Hall–Kier alpha value is -6.46. The normalized spacial score (nSPS) is 13.2. The van der Waals surface area contributed by atoms with E-state index in [9.17, 15) is 0 Å². The predicted octanol–water partition coefficient (Wildman–Crippen LogP) is 10.8. The molecule has 1 aliphatic rings. The number of aromatic nitrogens is 5. The van der Waals surface area contributed by atoms with Crippen LogP contribution in [0.1, 0.15) is 25.0 Å². The van der Waals surface area contributed by atoms with Gasteiger partial charge >= 0.3 is 0 Å². The summed E-state index contributed by atoms with van der Waals surface area (Å²) in [6, 6.07) is 50.7. The van der Waals surface area contributed by atoms with Gasteiger partial charge in [-0.25, -0.2) is 19.9 Å². The molecule has 0 bridgehead atoms. The van der Waals surface area contributed by atoms with Crippen LogP contribution in [-0.2, 0) is 5.41 Å². The maximum absolute atomic E-state index is 5.46. The van der Waals surface area contributed by atoms with E-state index in [-0.39, 0.29) is 5.41 Å². The zero-order chi connectivity index (χ0) is 33.4. The van der Waals surface area contributed by atoms with Crippen molar-refractivity contribution in [1.82, 2.24) is 24.5 Å². The van der Waals surface area contributed by atoms with Crippen LogP contribution in [0.4, 0.5) is 0 Å². The number of rotatable bonds is 4. The fraction of sp³-hybridized carbons (Fsp3) is 0.0667. The van der Waals surface area contributed by atoms with Crippen LogP contribution >= 0.6 is 0 Å². The largest absolute Gasteiger partial charge is 0.290 e. The third-order valence-corrected chi connectivity index (χ3v) is 10.3. The van der Waals surface area contributed by atoms with E-state index in [1.54, 1.807) is 0 Å². The summed E-state index contributed by atoms with van der Waals surface area (Å²) in [6.45, 7) is 4.66. The number of nitrogens with zero attached hydrogens (tertiary/aromatic N) is 5. The minimum atomic E-state index is -0.245. The van der Waals surface area contributed by atoms with E-state index in [2.05, 4.69) is 128 Å². The lowest BCUT2D eigenvalue weighted by molar-refractivity contribution is 0.666. The van der Waals surface area contributed by atoms with Gasteiger partial charge in [0.05, 0.1) is 22.9 Å². The Labute approximate surface area is 289 Å². The number of fused-ring (bicyclic) bond motifs is 8. The Bertz CT molecular complexity index is 2720. The van der Waals surface area contributed by atoms with Gasteiger partial charge in [0.25, 0.3) is 0 Å². The third-order valence-electron chi connectivity index (χ3n) is 10.3. The van der Waals surface area contributed by atoms with E-state index in [0.717, 1.165) is 60.9 Å². The summed E-state index contributed by atoms with van der Waals surface area (Å²) in [7, 11) is 0. The fourth-order valence-electron chi connectivity index (χ4n) is 7.96. The van der Waals surface area contributed by atoms with E-state index in [1.165, 1.54) is 22.3 Å². The molecule has 5 nitrogen and oxygen atoms in total. The van der Waals surface area contributed by atoms with Crippen LogP contribution in [0.15, 0.2) is 152 Å². The molecule has 5 heteroatoms. The highest BCUT2D eigenvalue weighted by Crippen LogP contribution is 2.53. The Morgan fingerprint density at radius 1 is 0.540 bits per heavy atom. The second-order valence-corrected chi connectivity index (χ2v) is 13.5. The fourth-order valence-corrected chi connectivity index (χ4v) is 7.96. The summed E-state index contributed by atoms with van der Waals surface area (Å²) in [5.74, 6) is 2.14. The van der Waals surface area contributed by atoms with Crippen molar-refractivity contribution in [3.63, 3.8) is 0 Å². The SMILES string of the molecule is CC1(C)c2ccccc2-c2ccc3c(c21)c1nc(-c2cccc4ccccc24)ncc1n3-c1cc(-c2ccccc2)nc(-c2ccccc2)n1. The second-order valence-electron chi connectivity index (χ2n) is 13.5. The van der Waals surface area contributed by atoms with Crippen molar-refractivity contribution >= 4 is 32.7 Å². The predicted molar refractivity (Wildman–Crippen MR) is 203 cm³/mol. The van der Waals surface area contributed by atoms with Crippen LogP contribution in [0.2, 0.25) is 0 Å². The van der Waals surface area contributed by atoms with Crippen LogP contribution in [0.3, 0.4) is 0 Å². The lowest BCUT2D eigenvalue weighted by Gasteiger charge is -2.22. The van der Waals surface area contributed by atoms with Gasteiger partial charge in [0, 0.05) is 33.6 Å². The molecule has 0 fully saturated rings. The van der Waals surface area contributed by atoms with Gasteiger partial charge in [-0.15, -0.1) is 0 Å². The average Bonchev–Trinajstić information content (AvgIpc) is 3.63. The topological polar surface area (TPSA) is 56.5 Å². The van der Waals surface area contributed by atoms with Crippen molar-refractivity contribution in [2.24, 2.45) is 0 Å². The molecule has 236 valence electrons. The van der Waals surface area contributed by atoms with Crippen molar-refractivity contribution in [3.8, 4) is 51.0 Å². The van der Waals surface area contributed by atoms with Crippen LogP contribution < -0.4 is 0 Å². The molecule has 0 saturated heterocycles. The summed E-state index contributed by atoms with van der Waals surface area (Å²) in [5.41, 5.74) is 11.6. The number of benzene rings is 6. The molecule has 50 heavy (non-hydrogen) atoms. The Kier molecular flexibility index (Phi) is 6.15. The average molecular weight is 642 g/mol. The molecule has 3 heterocycles.